The highest BCUT2D eigenvalue weighted by atomic mass is 16.1. The van der Waals surface area contributed by atoms with Crippen molar-refractivity contribution in [3.63, 3.8) is 0 Å². The number of carbonyl (C=O) groups is 1. The lowest BCUT2D eigenvalue weighted by atomic mass is 10.1. The van der Waals surface area contributed by atoms with Crippen molar-refractivity contribution in [1.82, 2.24) is 4.90 Å². The third-order valence-electron chi connectivity index (χ3n) is 3.33. The van der Waals surface area contributed by atoms with Gasteiger partial charge in [-0.15, -0.1) is 0 Å². The van der Waals surface area contributed by atoms with Crippen LogP contribution in [0.25, 0.3) is 0 Å². The fourth-order valence-electron chi connectivity index (χ4n) is 1.95. The Hall–Kier alpha value is -1.15. The summed E-state index contributed by atoms with van der Waals surface area (Å²) in [6, 6.07) is 8.01. The lowest BCUT2D eigenvalue weighted by molar-refractivity contribution is 0.0933. The number of hydrogen-bond donors (Lipinski definition) is 0. The fraction of sp³-hybridized carbons (Fsp3) is 0.562. The molecule has 0 unspecified atom stereocenters. The first-order valence-corrected chi connectivity index (χ1v) is 7.05. The van der Waals surface area contributed by atoms with E-state index < -0.39 is 0 Å². The number of hydrogen-bond acceptors (Lipinski definition) is 2. The maximum absolute atomic E-state index is 12.1. The topological polar surface area (TPSA) is 20.3 Å². The summed E-state index contributed by atoms with van der Waals surface area (Å²) in [7, 11) is 0. The Kier molecular flexibility index (Phi) is 6.66. The Balaban J connectivity index is 2.56. The van der Waals surface area contributed by atoms with E-state index in [1.807, 2.05) is 12.1 Å². The number of Topliss-reactive ketones (excluding diaryl/α,β-unsaturated/α-hetero) is 1. The Morgan fingerprint density at radius 2 is 1.78 bits per heavy atom. The van der Waals surface area contributed by atoms with E-state index in [4.69, 9.17) is 0 Å². The van der Waals surface area contributed by atoms with Gasteiger partial charge in [-0.3, -0.25) is 9.69 Å². The molecule has 0 saturated carbocycles. The Labute approximate surface area is 111 Å². The molecule has 100 valence electrons. The Morgan fingerprint density at radius 3 is 2.28 bits per heavy atom. The van der Waals surface area contributed by atoms with E-state index in [1.165, 1.54) is 12.0 Å². The first-order valence-electron chi connectivity index (χ1n) is 7.05. The summed E-state index contributed by atoms with van der Waals surface area (Å²) >= 11 is 0. The van der Waals surface area contributed by atoms with Crippen LogP contribution in [0, 0.1) is 0 Å². The molecule has 0 N–H and O–H groups in total. The van der Waals surface area contributed by atoms with E-state index in [9.17, 15) is 4.79 Å². The summed E-state index contributed by atoms with van der Waals surface area (Å²) in [5, 5.41) is 0. The third kappa shape index (κ3) is 4.61. The lowest BCUT2D eigenvalue weighted by Crippen LogP contribution is -2.30. The van der Waals surface area contributed by atoms with E-state index in [0.29, 0.717) is 6.54 Å². The molecule has 0 radical (unpaired) electrons. The highest BCUT2D eigenvalue weighted by molar-refractivity contribution is 5.97. The zero-order valence-electron chi connectivity index (χ0n) is 11.9. The van der Waals surface area contributed by atoms with Crippen LogP contribution in [0.4, 0.5) is 0 Å². The summed E-state index contributed by atoms with van der Waals surface area (Å²) in [6.45, 7) is 8.93. The zero-order chi connectivity index (χ0) is 13.4. The first kappa shape index (κ1) is 14.9. The number of benzene rings is 1. The van der Waals surface area contributed by atoms with Crippen LogP contribution in [0.15, 0.2) is 24.3 Å². The predicted octanol–water partition coefficient (Wildman–Crippen LogP) is 3.55. The van der Waals surface area contributed by atoms with E-state index in [1.54, 1.807) is 0 Å². The van der Waals surface area contributed by atoms with Crippen LogP contribution in [0.1, 0.15) is 49.5 Å². The standard InChI is InChI=1S/C16H25NO/c1-4-7-12-17(6-3)13-16(18)15-10-8-14(5-2)9-11-15/h8-11H,4-7,12-13H2,1-3H3. The molecule has 1 aromatic carbocycles. The predicted molar refractivity (Wildman–Crippen MR) is 77.2 cm³/mol. The van der Waals surface area contributed by atoms with Crippen LogP contribution < -0.4 is 0 Å². The number of carbonyl (C=O) groups excluding carboxylic acids is 1. The van der Waals surface area contributed by atoms with Gasteiger partial charge in [-0.2, -0.15) is 0 Å². The molecule has 0 atom stereocenters. The molecule has 2 nitrogen and oxygen atoms in total. The summed E-state index contributed by atoms with van der Waals surface area (Å²) in [5.74, 6) is 0.232. The van der Waals surface area contributed by atoms with Crippen LogP contribution in [0.2, 0.25) is 0 Å². The number of nitrogens with zero attached hydrogens (tertiary/aromatic N) is 1. The van der Waals surface area contributed by atoms with Gasteiger partial charge in [0.05, 0.1) is 6.54 Å². The van der Waals surface area contributed by atoms with Crippen LogP contribution in [-0.4, -0.2) is 30.3 Å². The molecule has 0 aromatic heterocycles. The van der Waals surface area contributed by atoms with E-state index >= 15 is 0 Å². The molecule has 0 heterocycles. The van der Waals surface area contributed by atoms with Crippen molar-refractivity contribution in [3.05, 3.63) is 35.4 Å². The van der Waals surface area contributed by atoms with Crippen molar-refractivity contribution in [2.45, 2.75) is 40.0 Å². The average molecular weight is 247 g/mol. The molecule has 0 aliphatic rings. The Morgan fingerprint density at radius 1 is 1.11 bits per heavy atom. The molecule has 0 bridgehead atoms. The summed E-state index contributed by atoms with van der Waals surface area (Å²) in [5.41, 5.74) is 2.12. The van der Waals surface area contributed by atoms with E-state index in [0.717, 1.165) is 31.5 Å². The van der Waals surface area contributed by atoms with Gasteiger partial charge in [0.2, 0.25) is 0 Å². The van der Waals surface area contributed by atoms with Crippen molar-refractivity contribution < 1.29 is 4.79 Å². The van der Waals surface area contributed by atoms with Crippen molar-refractivity contribution in [2.24, 2.45) is 0 Å². The van der Waals surface area contributed by atoms with Crippen LogP contribution in [-0.2, 0) is 6.42 Å². The molecule has 0 amide bonds. The van der Waals surface area contributed by atoms with E-state index in [2.05, 4.69) is 37.8 Å². The monoisotopic (exact) mass is 247 g/mol. The van der Waals surface area contributed by atoms with Gasteiger partial charge < -0.3 is 0 Å². The second-order valence-electron chi connectivity index (χ2n) is 4.70. The molecule has 2 heteroatoms. The van der Waals surface area contributed by atoms with Gasteiger partial charge in [-0.1, -0.05) is 51.5 Å². The van der Waals surface area contributed by atoms with E-state index in [-0.39, 0.29) is 5.78 Å². The quantitative estimate of drug-likeness (QED) is 0.655. The van der Waals surface area contributed by atoms with Gasteiger partial charge in [-0.25, -0.2) is 0 Å². The number of likely N-dealkylation sites (N-methyl/N-ethyl adjacent to an activating group) is 1. The van der Waals surface area contributed by atoms with Crippen LogP contribution >= 0.6 is 0 Å². The highest BCUT2D eigenvalue weighted by Crippen LogP contribution is 2.07. The first-order chi connectivity index (χ1) is 8.71. The van der Waals surface area contributed by atoms with Gasteiger partial charge in [0, 0.05) is 5.56 Å². The van der Waals surface area contributed by atoms with Gasteiger partial charge in [0.1, 0.15) is 0 Å². The van der Waals surface area contributed by atoms with Gasteiger partial charge in [-0.05, 0) is 31.5 Å². The fourth-order valence-corrected chi connectivity index (χ4v) is 1.95. The van der Waals surface area contributed by atoms with Gasteiger partial charge >= 0.3 is 0 Å². The maximum Gasteiger partial charge on any atom is 0.176 e. The van der Waals surface area contributed by atoms with Crippen molar-refractivity contribution in [3.8, 4) is 0 Å². The molecular formula is C16H25NO. The second-order valence-corrected chi connectivity index (χ2v) is 4.70. The van der Waals surface area contributed by atoms with Crippen molar-refractivity contribution in [1.29, 1.82) is 0 Å². The van der Waals surface area contributed by atoms with Crippen LogP contribution in [0.5, 0.6) is 0 Å². The minimum absolute atomic E-state index is 0.232. The number of rotatable bonds is 8. The van der Waals surface area contributed by atoms with Gasteiger partial charge in [0.15, 0.2) is 5.78 Å². The second kappa shape index (κ2) is 8.04. The summed E-state index contributed by atoms with van der Waals surface area (Å²) in [4.78, 5) is 14.4. The molecule has 0 fully saturated rings. The number of ketones is 1. The summed E-state index contributed by atoms with van der Waals surface area (Å²) < 4.78 is 0. The molecular weight excluding hydrogens is 222 g/mol. The van der Waals surface area contributed by atoms with Crippen LogP contribution in [0.3, 0.4) is 0 Å². The molecule has 18 heavy (non-hydrogen) atoms. The normalized spacial score (nSPS) is 10.9. The average Bonchev–Trinajstić information content (AvgIpc) is 2.43. The molecule has 1 rings (SSSR count). The third-order valence-corrected chi connectivity index (χ3v) is 3.33. The van der Waals surface area contributed by atoms with Gasteiger partial charge in [0.25, 0.3) is 0 Å². The smallest absolute Gasteiger partial charge is 0.176 e. The SMILES string of the molecule is CCCCN(CC)CC(=O)c1ccc(CC)cc1. The Bertz CT molecular complexity index is 356. The number of unbranched alkanes of at least 4 members (excludes halogenated alkanes) is 1. The van der Waals surface area contributed by atoms with Crippen molar-refractivity contribution in [2.75, 3.05) is 19.6 Å². The molecule has 0 aliphatic heterocycles. The minimum Gasteiger partial charge on any atom is -0.296 e. The highest BCUT2D eigenvalue weighted by Gasteiger charge is 2.10. The molecule has 0 saturated heterocycles. The summed E-state index contributed by atoms with van der Waals surface area (Å²) in [6.07, 6.45) is 3.36. The minimum atomic E-state index is 0.232. The number of aryl methyl sites for hydroxylation is 1. The van der Waals surface area contributed by atoms with Crippen molar-refractivity contribution >= 4 is 5.78 Å². The lowest BCUT2D eigenvalue weighted by Gasteiger charge is -2.19. The largest absolute Gasteiger partial charge is 0.296 e. The molecule has 0 spiro atoms. The maximum atomic E-state index is 12.1. The zero-order valence-corrected chi connectivity index (χ0v) is 11.9. The molecule has 0 aliphatic carbocycles. The molecule has 1 aromatic rings.